The Kier molecular flexibility index (Phi) is 6.04. The lowest BCUT2D eigenvalue weighted by molar-refractivity contribution is -0.143. The molecular formula is C27H8F12. The summed E-state index contributed by atoms with van der Waals surface area (Å²) in [5.74, 6) is -18.0. The number of fused-ring (bicyclic) bond motifs is 2. The van der Waals surface area contributed by atoms with Crippen molar-refractivity contribution in [3.05, 3.63) is 106 Å². The minimum atomic E-state index is -5.89. The molecule has 0 radical (unpaired) electrons. The number of hydrogen-bond acceptors (Lipinski definition) is 0. The molecule has 0 unspecified atom stereocenters. The van der Waals surface area contributed by atoms with E-state index in [2.05, 4.69) is 0 Å². The van der Waals surface area contributed by atoms with Gasteiger partial charge >= 0.3 is 6.18 Å². The van der Waals surface area contributed by atoms with E-state index in [4.69, 9.17) is 0 Å². The third-order valence-corrected chi connectivity index (χ3v) is 6.13. The van der Waals surface area contributed by atoms with E-state index in [1.165, 1.54) is 0 Å². The summed E-state index contributed by atoms with van der Waals surface area (Å²) in [4.78, 5) is 0. The Balaban J connectivity index is 2.10. The molecule has 12 heteroatoms. The second kappa shape index (κ2) is 8.92. The van der Waals surface area contributed by atoms with Crippen LogP contribution in [0.3, 0.4) is 0 Å². The van der Waals surface area contributed by atoms with Crippen LogP contribution < -0.4 is 0 Å². The lowest BCUT2D eigenvalue weighted by Crippen LogP contribution is -2.16. The minimum Gasteiger partial charge on any atom is -0.207 e. The Labute approximate surface area is 209 Å². The highest BCUT2D eigenvalue weighted by molar-refractivity contribution is 6.21. The second-order valence-corrected chi connectivity index (χ2v) is 8.35. The summed E-state index contributed by atoms with van der Waals surface area (Å²) in [5.41, 5.74) is -6.88. The maximum atomic E-state index is 15.3. The molecule has 200 valence electrons. The molecule has 0 aromatic heterocycles. The van der Waals surface area contributed by atoms with Crippen molar-refractivity contribution in [1.82, 2.24) is 0 Å². The van der Waals surface area contributed by atoms with Gasteiger partial charge in [0, 0.05) is 28.1 Å². The summed E-state index contributed by atoms with van der Waals surface area (Å²) in [7, 11) is 0. The largest absolute Gasteiger partial charge is 0.422 e. The van der Waals surface area contributed by atoms with Crippen molar-refractivity contribution in [3.8, 4) is 22.3 Å². The van der Waals surface area contributed by atoms with Gasteiger partial charge in [-0.2, -0.15) is 13.2 Å². The summed E-state index contributed by atoms with van der Waals surface area (Å²) in [6.07, 6.45) is -5.89. The standard InChI is InChI=1S/C27H8F12/c28-9-4-5-10(15(30)6-9)18-11-2-1-3-14(29)19(11)20(13-8-17(32)16(31)7-12(13)18)21-23(33)25(35)22(27(37,38)39)26(36)24(21)34/h1-8H. The fourth-order valence-corrected chi connectivity index (χ4v) is 4.57. The molecule has 0 amide bonds. The van der Waals surface area contributed by atoms with Gasteiger partial charge in [0.25, 0.3) is 0 Å². The van der Waals surface area contributed by atoms with Crippen LogP contribution in [0.4, 0.5) is 52.7 Å². The molecule has 0 bridgehead atoms. The van der Waals surface area contributed by atoms with Gasteiger partial charge in [0.2, 0.25) is 0 Å². The number of halogens is 12. The third-order valence-electron chi connectivity index (χ3n) is 6.13. The van der Waals surface area contributed by atoms with E-state index in [9.17, 15) is 39.5 Å². The number of alkyl halides is 3. The Morgan fingerprint density at radius 2 is 1.03 bits per heavy atom. The predicted octanol–water partition coefficient (Wildman–Crippen LogP) is 9.60. The highest BCUT2D eigenvalue weighted by Gasteiger charge is 2.43. The maximum absolute atomic E-state index is 15.3. The van der Waals surface area contributed by atoms with E-state index in [1.807, 2.05) is 0 Å². The highest BCUT2D eigenvalue weighted by Crippen LogP contribution is 2.48. The molecule has 0 saturated heterocycles. The average Bonchev–Trinajstić information content (AvgIpc) is 2.84. The van der Waals surface area contributed by atoms with E-state index in [-0.39, 0.29) is 6.07 Å². The normalized spacial score (nSPS) is 12.1. The first-order valence-corrected chi connectivity index (χ1v) is 10.7. The average molecular weight is 560 g/mol. The molecule has 5 aromatic rings. The van der Waals surface area contributed by atoms with Gasteiger partial charge in [0.05, 0.1) is 5.56 Å². The molecule has 5 rings (SSSR count). The van der Waals surface area contributed by atoms with E-state index in [0.29, 0.717) is 18.2 Å². The first-order chi connectivity index (χ1) is 18.2. The molecule has 39 heavy (non-hydrogen) atoms. The molecule has 0 aliphatic rings. The zero-order chi connectivity index (χ0) is 28.5. The van der Waals surface area contributed by atoms with Crippen LogP contribution in [0.25, 0.3) is 43.8 Å². The second-order valence-electron chi connectivity index (χ2n) is 8.35. The van der Waals surface area contributed by atoms with Crippen molar-refractivity contribution in [2.24, 2.45) is 0 Å². The van der Waals surface area contributed by atoms with Gasteiger partial charge in [-0.25, -0.2) is 39.5 Å². The van der Waals surface area contributed by atoms with Gasteiger partial charge in [-0.1, -0.05) is 12.1 Å². The van der Waals surface area contributed by atoms with Crippen LogP contribution in [-0.2, 0) is 6.18 Å². The molecule has 0 atom stereocenters. The van der Waals surface area contributed by atoms with Crippen molar-refractivity contribution >= 4 is 21.5 Å². The Hall–Kier alpha value is -4.22. The SMILES string of the molecule is Fc1ccc(-c2c3cc(F)c(F)cc3c(-c3c(F)c(F)c(C(F)(F)F)c(F)c3F)c3c(F)cccc23)c(F)c1. The highest BCUT2D eigenvalue weighted by atomic mass is 19.4. The quantitative estimate of drug-likeness (QED) is 0.115. The van der Waals surface area contributed by atoms with Crippen LogP contribution in [-0.4, -0.2) is 0 Å². The molecule has 0 saturated carbocycles. The van der Waals surface area contributed by atoms with Crippen LogP contribution >= 0.6 is 0 Å². The first-order valence-electron chi connectivity index (χ1n) is 10.7. The van der Waals surface area contributed by atoms with E-state index in [1.54, 1.807) is 0 Å². The van der Waals surface area contributed by atoms with Gasteiger partial charge in [-0.05, 0) is 46.5 Å². The smallest absolute Gasteiger partial charge is 0.207 e. The zero-order valence-electron chi connectivity index (χ0n) is 18.7. The topological polar surface area (TPSA) is 0 Å². The van der Waals surface area contributed by atoms with E-state index < -0.39 is 108 Å². The Bertz CT molecular complexity index is 1810. The van der Waals surface area contributed by atoms with Crippen molar-refractivity contribution in [1.29, 1.82) is 0 Å². The lowest BCUT2D eigenvalue weighted by atomic mass is 9.84. The van der Waals surface area contributed by atoms with Gasteiger partial charge in [0.15, 0.2) is 34.9 Å². The molecule has 0 N–H and O–H groups in total. The van der Waals surface area contributed by atoms with Gasteiger partial charge < -0.3 is 0 Å². The lowest BCUT2D eigenvalue weighted by Gasteiger charge is -2.20. The molecule has 0 fully saturated rings. The summed E-state index contributed by atoms with van der Waals surface area (Å²) >= 11 is 0. The molecule has 5 aromatic carbocycles. The third kappa shape index (κ3) is 3.96. The van der Waals surface area contributed by atoms with Crippen molar-refractivity contribution in [2.75, 3.05) is 0 Å². The predicted molar refractivity (Wildman–Crippen MR) is 117 cm³/mol. The molecule has 0 spiro atoms. The van der Waals surface area contributed by atoms with Crippen LogP contribution in [0.5, 0.6) is 0 Å². The molecule has 0 aliphatic carbocycles. The van der Waals surface area contributed by atoms with Gasteiger partial charge in [0.1, 0.15) is 23.0 Å². The monoisotopic (exact) mass is 560 g/mol. The number of rotatable bonds is 2. The van der Waals surface area contributed by atoms with Crippen molar-refractivity contribution in [2.45, 2.75) is 6.18 Å². The molecule has 0 aliphatic heterocycles. The summed E-state index contributed by atoms with van der Waals surface area (Å²) in [6.45, 7) is 0. The maximum Gasteiger partial charge on any atom is 0.422 e. The zero-order valence-corrected chi connectivity index (χ0v) is 18.7. The Morgan fingerprint density at radius 1 is 0.462 bits per heavy atom. The Morgan fingerprint density at radius 3 is 1.56 bits per heavy atom. The summed E-state index contributed by atoms with van der Waals surface area (Å²) in [5, 5.41) is -2.84. The first kappa shape index (κ1) is 26.4. The molecular weight excluding hydrogens is 552 g/mol. The molecule has 0 nitrogen and oxygen atoms in total. The summed E-state index contributed by atoms with van der Waals surface area (Å²) in [6, 6.07) is 5.40. The number of hydrogen-bond donors (Lipinski definition) is 0. The minimum absolute atomic E-state index is 0.253. The fourth-order valence-electron chi connectivity index (χ4n) is 4.57. The van der Waals surface area contributed by atoms with Crippen molar-refractivity contribution in [3.63, 3.8) is 0 Å². The van der Waals surface area contributed by atoms with Crippen LogP contribution in [0.1, 0.15) is 5.56 Å². The van der Waals surface area contributed by atoms with Crippen LogP contribution in [0, 0.1) is 52.4 Å². The fraction of sp³-hybridized carbons (Fsp3) is 0.0370. The van der Waals surface area contributed by atoms with Crippen molar-refractivity contribution < 1.29 is 52.7 Å². The van der Waals surface area contributed by atoms with Crippen LogP contribution in [0.2, 0.25) is 0 Å². The van der Waals surface area contributed by atoms with Gasteiger partial charge in [-0.3, -0.25) is 0 Å². The molecule has 0 heterocycles. The summed E-state index contributed by atoms with van der Waals surface area (Å²) < 4.78 is 171. The van der Waals surface area contributed by atoms with E-state index in [0.717, 1.165) is 24.3 Å². The van der Waals surface area contributed by atoms with E-state index >= 15 is 13.2 Å². The van der Waals surface area contributed by atoms with Gasteiger partial charge in [-0.15, -0.1) is 0 Å². The number of benzene rings is 5. The van der Waals surface area contributed by atoms with Crippen LogP contribution in [0.15, 0.2) is 48.5 Å².